The van der Waals surface area contributed by atoms with Gasteiger partial charge in [0, 0.05) is 31.6 Å². The Bertz CT molecular complexity index is 224. The van der Waals surface area contributed by atoms with Crippen molar-refractivity contribution in [3.63, 3.8) is 0 Å². The van der Waals surface area contributed by atoms with E-state index >= 15 is 0 Å². The van der Waals surface area contributed by atoms with Gasteiger partial charge in [-0.1, -0.05) is 19.3 Å². The molecule has 0 radical (unpaired) electrons. The highest BCUT2D eigenvalue weighted by atomic mass is 16.2. The molecule has 1 aliphatic heterocycles. The first kappa shape index (κ1) is 10.9. The maximum Gasteiger partial charge on any atom is 0.225 e. The zero-order chi connectivity index (χ0) is 10.7. The maximum atomic E-state index is 12.2. The van der Waals surface area contributed by atoms with E-state index in [0.717, 1.165) is 32.5 Å². The Labute approximate surface area is 92.2 Å². The van der Waals surface area contributed by atoms with Gasteiger partial charge in [0.2, 0.25) is 5.91 Å². The van der Waals surface area contributed by atoms with Crippen molar-refractivity contribution < 1.29 is 4.79 Å². The summed E-state index contributed by atoms with van der Waals surface area (Å²) >= 11 is 0. The van der Waals surface area contributed by atoms with Crippen molar-refractivity contribution in [1.82, 2.24) is 10.2 Å². The summed E-state index contributed by atoms with van der Waals surface area (Å²) < 4.78 is 0. The van der Waals surface area contributed by atoms with E-state index in [1.807, 2.05) is 0 Å². The second-order valence-corrected chi connectivity index (χ2v) is 4.97. The molecule has 0 aromatic rings. The van der Waals surface area contributed by atoms with Gasteiger partial charge in [0.05, 0.1) is 0 Å². The fourth-order valence-corrected chi connectivity index (χ4v) is 2.74. The molecular formula is C12H22N2O. The van der Waals surface area contributed by atoms with Crippen molar-refractivity contribution in [1.29, 1.82) is 0 Å². The van der Waals surface area contributed by atoms with Gasteiger partial charge in [-0.3, -0.25) is 4.79 Å². The molecule has 1 amide bonds. The van der Waals surface area contributed by atoms with E-state index in [0.29, 0.717) is 17.9 Å². The highest BCUT2D eigenvalue weighted by Gasteiger charge is 2.28. The average Bonchev–Trinajstić information content (AvgIpc) is 2.29. The second kappa shape index (κ2) is 4.97. The van der Waals surface area contributed by atoms with Gasteiger partial charge < -0.3 is 10.2 Å². The molecule has 1 aliphatic carbocycles. The van der Waals surface area contributed by atoms with Crippen LogP contribution in [0.2, 0.25) is 0 Å². The van der Waals surface area contributed by atoms with Crippen LogP contribution in [0.15, 0.2) is 0 Å². The molecule has 0 spiro atoms. The van der Waals surface area contributed by atoms with Gasteiger partial charge in [-0.15, -0.1) is 0 Å². The van der Waals surface area contributed by atoms with Crippen LogP contribution in [0.1, 0.15) is 39.0 Å². The lowest BCUT2D eigenvalue weighted by molar-refractivity contribution is -0.137. The van der Waals surface area contributed by atoms with Crippen molar-refractivity contribution in [2.75, 3.05) is 19.6 Å². The SMILES string of the molecule is CC1CN(C(=O)C2CCCCC2)CCN1. The monoisotopic (exact) mass is 210 g/mol. The first-order valence-electron chi connectivity index (χ1n) is 6.29. The second-order valence-electron chi connectivity index (χ2n) is 4.97. The molecule has 0 bridgehead atoms. The molecule has 86 valence electrons. The van der Waals surface area contributed by atoms with E-state index in [-0.39, 0.29) is 0 Å². The fourth-order valence-electron chi connectivity index (χ4n) is 2.74. The Balaban J connectivity index is 1.88. The molecular weight excluding hydrogens is 188 g/mol. The molecule has 0 aromatic heterocycles. The molecule has 1 N–H and O–H groups in total. The number of carbonyl (C=O) groups excluding carboxylic acids is 1. The van der Waals surface area contributed by atoms with Gasteiger partial charge in [0.25, 0.3) is 0 Å². The smallest absolute Gasteiger partial charge is 0.225 e. The zero-order valence-corrected chi connectivity index (χ0v) is 9.67. The summed E-state index contributed by atoms with van der Waals surface area (Å²) in [6.07, 6.45) is 6.06. The molecule has 1 saturated carbocycles. The van der Waals surface area contributed by atoms with Crippen LogP contribution in [0.3, 0.4) is 0 Å². The number of hydrogen-bond donors (Lipinski definition) is 1. The van der Waals surface area contributed by atoms with Crippen LogP contribution in [0, 0.1) is 5.92 Å². The largest absolute Gasteiger partial charge is 0.340 e. The van der Waals surface area contributed by atoms with Crippen molar-refractivity contribution in [3.05, 3.63) is 0 Å². The van der Waals surface area contributed by atoms with E-state index < -0.39 is 0 Å². The topological polar surface area (TPSA) is 32.3 Å². The fraction of sp³-hybridized carbons (Fsp3) is 0.917. The number of nitrogens with zero attached hydrogens (tertiary/aromatic N) is 1. The summed E-state index contributed by atoms with van der Waals surface area (Å²) in [6.45, 7) is 4.91. The number of nitrogens with one attached hydrogen (secondary N) is 1. The lowest BCUT2D eigenvalue weighted by Crippen LogP contribution is -2.52. The summed E-state index contributed by atoms with van der Waals surface area (Å²) in [6, 6.07) is 0.464. The minimum Gasteiger partial charge on any atom is -0.340 e. The Morgan fingerprint density at radius 3 is 2.67 bits per heavy atom. The summed E-state index contributed by atoms with van der Waals surface area (Å²) in [4.78, 5) is 14.3. The molecule has 1 unspecified atom stereocenters. The third-order valence-corrected chi connectivity index (χ3v) is 3.63. The molecule has 3 nitrogen and oxygen atoms in total. The molecule has 1 saturated heterocycles. The zero-order valence-electron chi connectivity index (χ0n) is 9.67. The summed E-state index contributed by atoms with van der Waals surface area (Å²) in [5.41, 5.74) is 0. The quantitative estimate of drug-likeness (QED) is 0.709. The predicted octanol–water partition coefficient (Wildman–Crippen LogP) is 1.39. The molecule has 2 aliphatic rings. The molecule has 0 aromatic carbocycles. The number of rotatable bonds is 1. The predicted molar refractivity (Wildman–Crippen MR) is 60.6 cm³/mol. The van der Waals surface area contributed by atoms with Crippen molar-refractivity contribution in [2.24, 2.45) is 5.92 Å². The van der Waals surface area contributed by atoms with E-state index in [4.69, 9.17) is 0 Å². The third-order valence-electron chi connectivity index (χ3n) is 3.63. The number of piperazine rings is 1. The van der Waals surface area contributed by atoms with Gasteiger partial charge in [-0.2, -0.15) is 0 Å². The van der Waals surface area contributed by atoms with Gasteiger partial charge in [0.15, 0.2) is 0 Å². The number of hydrogen-bond acceptors (Lipinski definition) is 2. The lowest BCUT2D eigenvalue weighted by atomic mass is 9.88. The molecule has 2 rings (SSSR count). The molecule has 15 heavy (non-hydrogen) atoms. The highest BCUT2D eigenvalue weighted by Crippen LogP contribution is 2.25. The highest BCUT2D eigenvalue weighted by molar-refractivity contribution is 5.79. The van der Waals surface area contributed by atoms with Crippen LogP contribution in [0.4, 0.5) is 0 Å². The van der Waals surface area contributed by atoms with E-state index in [1.165, 1.54) is 19.3 Å². The average molecular weight is 210 g/mol. The van der Waals surface area contributed by atoms with Gasteiger partial charge in [0.1, 0.15) is 0 Å². The Morgan fingerprint density at radius 1 is 1.27 bits per heavy atom. The van der Waals surface area contributed by atoms with Crippen LogP contribution in [-0.2, 0) is 4.79 Å². The maximum absolute atomic E-state index is 12.2. The molecule has 2 fully saturated rings. The normalized spacial score (nSPS) is 29.1. The van der Waals surface area contributed by atoms with Crippen LogP contribution in [0.25, 0.3) is 0 Å². The Kier molecular flexibility index (Phi) is 3.62. The minimum atomic E-state index is 0.337. The summed E-state index contributed by atoms with van der Waals surface area (Å²) in [5.74, 6) is 0.757. The Morgan fingerprint density at radius 2 is 2.00 bits per heavy atom. The first-order chi connectivity index (χ1) is 7.27. The van der Waals surface area contributed by atoms with Gasteiger partial charge in [-0.05, 0) is 19.8 Å². The Hall–Kier alpha value is -0.570. The van der Waals surface area contributed by atoms with Crippen LogP contribution >= 0.6 is 0 Å². The molecule has 1 heterocycles. The summed E-state index contributed by atoms with van der Waals surface area (Å²) in [5, 5.41) is 3.38. The standard InChI is InChI=1S/C12H22N2O/c1-10-9-14(8-7-13-10)12(15)11-5-3-2-4-6-11/h10-11,13H,2-9H2,1H3. The third kappa shape index (κ3) is 2.71. The van der Waals surface area contributed by atoms with Crippen LogP contribution in [-0.4, -0.2) is 36.5 Å². The number of carbonyl (C=O) groups is 1. The number of amides is 1. The molecule has 3 heteroatoms. The van der Waals surface area contributed by atoms with Crippen molar-refractivity contribution >= 4 is 5.91 Å². The van der Waals surface area contributed by atoms with Crippen molar-refractivity contribution in [3.8, 4) is 0 Å². The van der Waals surface area contributed by atoms with Gasteiger partial charge >= 0.3 is 0 Å². The first-order valence-corrected chi connectivity index (χ1v) is 6.29. The van der Waals surface area contributed by atoms with E-state index in [1.54, 1.807) is 0 Å². The molecule has 1 atom stereocenters. The van der Waals surface area contributed by atoms with Crippen LogP contribution < -0.4 is 5.32 Å². The van der Waals surface area contributed by atoms with Crippen molar-refractivity contribution in [2.45, 2.75) is 45.1 Å². The van der Waals surface area contributed by atoms with E-state index in [2.05, 4.69) is 17.1 Å². The van der Waals surface area contributed by atoms with E-state index in [9.17, 15) is 4.79 Å². The van der Waals surface area contributed by atoms with Crippen LogP contribution in [0.5, 0.6) is 0 Å². The lowest BCUT2D eigenvalue weighted by Gasteiger charge is -2.35. The summed E-state index contributed by atoms with van der Waals surface area (Å²) in [7, 11) is 0. The minimum absolute atomic E-state index is 0.337. The van der Waals surface area contributed by atoms with Gasteiger partial charge in [-0.25, -0.2) is 0 Å².